The molecule has 0 bridgehead atoms. The van der Waals surface area contributed by atoms with Gasteiger partial charge in [-0.3, -0.25) is 9.10 Å². The number of carbonyl (C=O) groups is 1. The minimum Gasteiger partial charge on any atom is -0.322 e. The lowest BCUT2D eigenvalue weighted by Gasteiger charge is -2.31. The van der Waals surface area contributed by atoms with Crippen LogP contribution in [0.4, 0.5) is 11.4 Å². The average Bonchev–Trinajstić information content (AvgIpc) is 2.79. The summed E-state index contributed by atoms with van der Waals surface area (Å²) in [6.45, 7) is 2.34. The summed E-state index contributed by atoms with van der Waals surface area (Å²) in [5.41, 5.74) is 4.95. The fourth-order valence-corrected chi connectivity index (χ4v) is 5.54. The Bertz CT molecular complexity index is 1170. The number of amides is 1. The minimum atomic E-state index is -3.35. The van der Waals surface area contributed by atoms with Gasteiger partial charge in [0.25, 0.3) is 5.91 Å². The Hall–Kier alpha value is -3.12. The van der Waals surface area contributed by atoms with Crippen molar-refractivity contribution in [2.45, 2.75) is 26.2 Å². The van der Waals surface area contributed by atoms with Crippen LogP contribution in [0.2, 0.25) is 0 Å². The summed E-state index contributed by atoms with van der Waals surface area (Å²) in [4.78, 5) is 12.8. The molecule has 4 rings (SSSR count). The minimum absolute atomic E-state index is 0.122. The highest BCUT2D eigenvalue weighted by Gasteiger charge is 2.27. The van der Waals surface area contributed by atoms with Crippen LogP contribution in [0.5, 0.6) is 0 Å². The number of carbonyl (C=O) groups excluding carboxylic acids is 1. The molecule has 31 heavy (non-hydrogen) atoms. The molecule has 160 valence electrons. The Morgan fingerprint density at radius 2 is 1.68 bits per heavy atom. The molecule has 1 amide bonds. The van der Waals surface area contributed by atoms with E-state index in [9.17, 15) is 13.2 Å². The van der Waals surface area contributed by atoms with Crippen LogP contribution in [0, 0.1) is 0 Å². The Kier molecular flexibility index (Phi) is 6.09. The van der Waals surface area contributed by atoms with Gasteiger partial charge in [-0.05, 0) is 60.2 Å². The quantitative estimate of drug-likeness (QED) is 0.587. The van der Waals surface area contributed by atoms with Crippen LogP contribution < -0.4 is 9.62 Å². The number of hydrogen-bond acceptors (Lipinski definition) is 3. The maximum Gasteiger partial charge on any atom is 0.255 e. The van der Waals surface area contributed by atoms with E-state index in [0.717, 1.165) is 29.5 Å². The topological polar surface area (TPSA) is 66.5 Å². The monoisotopic (exact) mass is 434 g/mol. The van der Waals surface area contributed by atoms with Gasteiger partial charge in [-0.2, -0.15) is 0 Å². The molecule has 0 aromatic heterocycles. The van der Waals surface area contributed by atoms with Crippen molar-refractivity contribution in [3.8, 4) is 11.1 Å². The molecule has 0 spiro atoms. The molecule has 0 aliphatic carbocycles. The second-order valence-electron chi connectivity index (χ2n) is 7.73. The fourth-order valence-electron chi connectivity index (χ4n) is 3.92. The van der Waals surface area contributed by atoms with Gasteiger partial charge >= 0.3 is 0 Å². The summed E-state index contributed by atoms with van der Waals surface area (Å²) in [6.07, 6.45) is 2.21. The lowest BCUT2D eigenvalue weighted by molar-refractivity contribution is 0.102. The largest absolute Gasteiger partial charge is 0.322 e. The SMILES string of the molecule is CCCS(=O)(=O)N1CCCc2ccc(NC(=O)c3ccc(-c4ccccc4)cc3)cc21. The van der Waals surface area contributed by atoms with Crippen molar-refractivity contribution < 1.29 is 13.2 Å². The third-order valence-corrected chi connectivity index (χ3v) is 7.45. The number of aryl methyl sites for hydroxylation is 1. The summed E-state index contributed by atoms with van der Waals surface area (Å²) in [5, 5.41) is 2.91. The lowest BCUT2D eigenvalue weighted by atomic mass is 10.0. The number of nitrogens with zero attached hydrogens (tertiary/aromatic N) is 1. The number of rotatable bonds is 6. The molecule has 0 saturated carbocycles. The van der Waals surface area contributed by atoms with Crippen LogP contribution in [0.3, 0.4) is 0 Å². The molecule has 3 aromatic rings. The number of anilines is 2. The van der Waals surface area contributed by atoms with Gasteiger partial charge in [-0.25, -0.2) is 8.42 Å². The number of sulfonamides is 1. The highest BCUT2D eigenvalue weighted by atomic mass is 32.2. The summed E-state index contributed by atoms with van der Waals surface area (Å²) in [7, 11) is -3.35. The molecular formula is C25H26N2O3S. The van der Waals surface area contributed by atoms with Crippen molar-refractivity contribution >= 4 is 27.3 Å². The second-order valence-corrected chi connectivity index (χ2v) is 9.75. The van der Waals surface area contributed by atoms with Gasteiger partial charge in [0.1, 0.15) is 0 Å². The van der Waals surface area contributed by atoms with E-state index in [0.29, 0.717) is 29.9 Å². The van der Waals surface area contributed by atoms with Crippen LogP contribution in [0.1, 0.15) is 35.7 Å². The standard InChI is InChI=1S/C25H26N2O3S/c1-2-17-31(29,30)27-16-6-9-21-14-15-23(18-24(21)27)26-25(28)22-12-10-20(11-13-22)19-7-4-3-5-8-19/h3-5,7-8,10-15,18H,2,6,9,16-17H2,1H3,(H,26,28). The molecule has 1 N–H and O–H groups in total. The van der Waals surface area contributed by atoms with Crippen LogP contribution in [0.25, 0.3) is 11.1 Å². The second kappa shape index (κ2) is 8.94. The van der Waals surface area contributed by atoms with Gasteiger partial charge in [-0.1, -0.05) is 55.5 Å². The Morgan fingerprint density at radius 3 is 2.39 bits per heavy atom. The van der Waals surface area contributed by atoms with Crippen molar-refractivity contribution in [2.75, 3.05) is 21.9 Å². The van der Waals surface area contributed by atoms with Gasteiger partial charge in [0.15, 0.2) is 0 Å². The Morgan fingerprint density at radius 1 is 0.968 bits per heavy atom. The van der Waals surface area contributed by atoms with Crippen molar-refractivity contribution in [1.29, 1.82) is 0 Å². The molecule has 0 fully saturated rings. The Balaban J connectivity index is 1.54. The third kappa shape index (κ3) is 4.64. The molecule has 3 aromatic carbocycles. The van der Waals surface area contributed by atoms with Crippen molar-refractivity contribution in [3.63, 3.8) is 0 Å². The maximum atomic E-state index is 12.8. The normalized spacial score (nSPS) is 13.5. The van der Waals surface area contributed by atoms with E-state index in [1.54, 1.807) is 18.2 Å². The summed E-state index contributed by atoms with van der Waals surface area (Å²) < 4.78 is 26.9. The van der Waals surface area contributed by atoms with E-state index in [-0.39, 0.29) is 11.7 Å². The molecule has 0 saturated heterocycles. The van der Waals surface area contributed by atoms with Crippen LogP contribution in [-0.2, 0) is 16.4 Å². The molecule has 1 aliphatic heterocycles. The van der Waals surface area contributed by atoms with E-state index in [1.165, 1.54) is 4.31 Å². The zero-order valence-corrected chi connectivity index (χ0v) is 18.4. The zero-order chi connectivity index (χ0) is 21.8. The molecule has 0 unspecified atom stereocenters. The molecule has 6 heteroatoms. The van der Waals surface area contributed by atoms with E-state index in [1.807, 2.05) is 61.5 Å². The third-order valence-electron chi connectivity index (χ3n) is 5.47. The molecule has 5 nitrogen and oxygen atoms in total. The molecule has 0 atom stereocenters. The van der Waals surface area contributed by atoms with Crippen molar-refractivity contribution in [1.82, 2.24) is 0 Å². The maximum absolute atomic E-state index is 12.8. The average molecular weight is 435 g/mol. The summed E-state index contributed by atoms with van der Waals surface area (Å²) in [5.74, 6) is -0.102. The van der Waals surface area contributed by atoms with E-state index in [4.69, 9.17) is 0 Å². The van der Waals surface area contributed by atoms with Gasteiger partial charge in [0.2, 0.25) is 10.0 Å². The van der Waals surface area contributed by atoms with Gasteiger partial charge in [0.05, 0.1) is 11.4 Å². The molecule has 0 radical (unpaired) electrons. The van der Waals surface area contributed by atoms with Crippen LogP contribution >= 0.6 is 0 Å². The fraction of sp³-hybridized carbons (Fsp3) is 0.240. The van der Waals surface area contributed by atoms with Crippen molar-refractivity contribution in [2.24, 2.45) is 0 Å². The highest BCUT2D eigenvalue weighted by molar-refractivity contribution is 7.92. The Labute approximate surface area is 183 Å². The van der Waals surface area contributed by atoms with E-state index in [2.05, 4.69) is 5.32 Å². The number of nitrogens with one attached hydrogen (secondary N) is 1. The predicted molar refractivity (Wildman–Crippen MR) is 126 cm³/mol. The van der Waals surface area contributed by atoms with Crippen LogP contribution in [-0.4, -0.2) is 26.6 Å². The van der Waals surface area contributed by atoms with Crippen LogP contribution in [0.15, 0.2) is 72.8 Å². The van der Waals surface area contributed by atoms with E-state index >= 15 is 0 Å². The summed E-state index contributed by atoms with van der Waals surface area (Å²) >= 11 is 0. The molecular weight excluding hydrogens is 408 g/mol. The first-order valence-electron chi connectivity index (χ1n) is 10.6. The van der Waals surface area contributed by atoms with Crippen molar-refractivity contribution in [3.05, 3.63) is 83.9 Å². The molecule has 1 heterocycles. The number of fused-ring (bicyclic) bond motifs is 1. The first-order valence-corrected chi connectivity index (χ1v) is 12.2. The van der Waals surface area contributed by atoms with Gasteiger partial charge < -0.3 is 5.32 Å². The number of hydrogen-bond donors (Lipinski definition) is 1. The highest BCUT2D eigenvalue weighted by Crippen LogP contribution is 2.32. The summed E-state index contributed by atoms with van der Waals surface area (Å²) in [6, 6.07) is 23.0. The zero-order valence-electron chi connectivity index (χ0n) is 17.5. The number of benzene rings is 3. The van der Waals surface area contributed by atoms with Gasteiger partial charge in [-0.15, -0.1) is 0 Å². The lowest BCUT2D eigenvalue weighted by Crippen LogP contribution is -2.37. The first-order chi connectivity index (χ1) is 15.0. The molecule has 1 aliphatic rings. The predicted octanol–water partition coefficient (Wildman–Crippen LogP) is 5.10. The smallest absolute Gasteiger partial charge is 0.255 e. The van der Waals surface area contributed by atoms with E-state index < -0.39 is 10.0 Å². The first kappa shape index (κ1) is 21.1. The van der Waals surface area contributed by atoms with Gasteiger partial charge in [0, 0.05) is 17.8 Å².